The number of nitrogens with one attached hydrogen (secondary N) is 1. The summed E-state index contributed by atoms with van der Waals surface area (Å²) in [6.45, 7) is 8.13. The molecule has 3 aromatic rings. The molecule has 1 amide bonds. The van der Waals surface area contributed by atoms with Crippen LogP contribution < -0.4 is 5.32 Å². The van der Waals surface area contributed by atoms with Gasteiger partial charge in [0.05, 0.1) is 0 Å². The maximum atomic E-state index is 13.9. The second-order valence-corrected chi connectivity index (χ2v) is 12.3. The van der Waals surface area contributed by atoms with Gasteiger partial charge < -0.3 is 9.47 Å². The van der Waals surface area contributed by atoms with E-state index in [1.165, 1.54) is 12.1 Å². The number of hydrogen-bond acceptors (Lipinski definition) is 5. The molecule has 3 atom stereocenters. The van der Waals surface area contributed by atoms with Crippen molar-refractivity contribution >= 4 is 23.5 Å². The predicted molar refractivity (Wildman–Crippen MR) is 160 cm³/mol. The largest absolute Gasteiger partial charge is 0.458 e. The molecule has 0 spiro atoms. The van der Waals surface area contributed by atoms with Crippen molar-refractivity contribution in [1.82, 2.24) is 0 Å². The summed E-state index contributed by atoms with van der Waals surface area (Å²) in [5.74, 6) is -2.41. The fourth-order valence-electron chi connectivity index (χ4n) is 5.96. The Balaban J connectivity index is 1.51. The molecular weight excluding hydrogens is 533 g/mol. The number of amides is 1. The van der Waals surface area contributed by atoms with Crippen LogP contribution in [0.1, 0.15) is 76.0 Å². The molecule has 0 bridgehead atoms. The Labute approximate surface area is 247 Å². The second-order valence-electron chi connectivity index (χ2n) is 12.3. The number of halogens is 1. The molecule has 0 aromatic heterocycles. The summed E-state index contributed by atoms with van der Waals surface area (Å²) in [5.41, 5.74) is 1.72. The molecule has 42 heavy (non-hydrogen) atoms. The first-order chi connectivity index (χ1) is 20.0. The van der Waals surface area contributed by atoms with Crippen LogP contribution in [-0.2, 0) is 32.1 Å². The van der Waals surface area contributed by atoms with Crippen molar-refractivity contribution in [3.05, 3.63) is 101 Å². The molecule has 1 aliphatic rings. The van der Waals surface area contributed by atoms with E-state index in [-0.39, 0.29) is 24.6 Å². The van der Waals surface area contributed by atoms with Crippen molar-refractivity contribution in [2.24, 2.45) is 11.3 Å². The number of rotatable bonds is 10. The molecule has 1 aliphatic heterocycles. The van der Waals surface area contributed by atoms with Gasteiger partial charge in [-0.1, -0.05) is 88.7 Å². The maximum Gasteiger partial charge on any atom is 0.411 e. The van der Waals surface area contributed by atoms with Gasteiger partial charge in [0.1, 0.15) is 23.9 Å². The van der Waals surface area contributed by atoms with Crippen molar-refractivity contribution in [2.75, 3.05) is 5.32 Å². The van der Waals surface area contributed by atoms with Crippen molar-refractivity contribution < 1.29 is 28.2 Å². The van der Waals surface area contributed by atoms with Gasteiger partial charge >= 0.3 is 12.1 Å². The topological polar surface area (TPSA) is 81.7 Å². The van der Waals surface area contributed by atoms with Crippen LogP contribution in [0.2, 0.25) is 0 Å². The lowest BCUT2D eigenvalue weighted by atomic mass is 9.65. The molecule has 3 aromatic carbocycles. The Kier molecular flexibility index (Phi) is 9.81. The lowest BCUT2D eigenvalue weighted by molar-refractivity contribution is -0.182. The molecule has 0 saturated carbocycles. The van der Waals surface area contributed by atoms with Gasteiger partial charge in [0.25, 0.3) is 0 Å². The third-order valence-corrected chi connectivity index (χ3v) is 7.87. The molecule has 1 fully saturated rings. The number of ether oxygens (including phenoxy) is 2. The number of carbonyl (C=O) groups excluding carboxylic acids is 3. The van der Waals surface area contributed by atoms with E-state index in [0.29, 0.717) is 24.9 Å². The standard InChI is InChI=1S/C35H40FNO5/c1-5-19-35(20-18-24-14-16-27(36)17-15-24)22-29(38)30(32(39)42-35)31(34(2,3)4)26-12-9-13-28(21-26)37-33(40)41-23-25-10-7-6-8-11-25/h6-17,21,30-31H,5,18-20,22-23H2,1-4H3,(H,37,40). The molecule has 222 valence electrons. The average molecular weight is 574 g/mol. The van der Waals surface area contributed by atoms with Crippen molar-refractivity contribution in [1.29, 1.82) is 0 Å². The number of hydrogen-bond donors (Lipinski definition) is 1. The molecule has 1 N–H and O–H groups in total. The van der Waals surface area contributed by atoms with E-state index in [9.17, 15) is 18.8 Å². The number of aryl methyl sites for hydroxylation is 1. The minimum Gasteiger partial charge on any atom is -0.458 e. The SMILES string of the molecule is CCCC1(CCc2ccc(F)cc2)CC(=O)C(C(c2cccc(NC(=O)OCc3ccccc3)c2)C(C)(C)C)C(=O)O1. The molecule has 0 aliphatic carbocycles. The number of Topliss-reactive ketones (excluding diaryl/α,β-unsaturated/α-hetero) is 1. The quantitative estimate of drug-likeness (QED) is 0.196. The Bertz CT molecular complexity index is 1360. The summed E-state index contributed by atoms with van der Waals surface area (Å²) in [4.78, 5) is 40.1. The minimum atomic E-state index is -0.971. The monoisotopic (exact) mass is 573 g/mol. The molecule has 0 radical (unpaired) electrons. The number of cyclic esters (lactones) is 1. The van der Waals surface area contributed by atoms with Crippen LogP contribution in [0.5, 0.6) is 0 Å². The van der Waals surface area contributed by atoms with E-state index in [1.54, 1.807) is 30.3 Å². The van der Waals surface area contributed by atoms with E-state index in [4.69, 9.17) is 9.47 Å². The van der Waals surface area contributed by atoms with Crippen LogP contribution in [0.3, 0.4) is 0 Å². The maximum absolute atomic E-state index is 13.9. The van der Waals surface area contributed by atoms with Gasteiger partial charge in [0.15, 0.2) is 5.78 Å². The van der Waals surface area contributed by atoms with Crippen LogP contribution in [0.4, 0.5) is 14.9 Å². The molecule has 1 saturated heterocycles. The number of ketones is 1. The van der Waals surface area contributed by atoms with Crippen LogP contribution in [0.15, 0.2) is 78.9 Å². The number of anilines is 1. The van der Waals surface area contributed by atoms with Crippen LogP contribution in [0.25, 0.3) is 0 Å². The highest BCUT2D eigenvalue weighted by Gasteiger charge is 2.51. The highest BCUT2D eigenvalue weighted by Crippen LogP contribution is 2.47. The molecule has 7 heteroatoms. The van der Waals surface area contributed by atoms with Gasteiger partial charge in [-0.05, 0) is 65.6 Å². The van der Waals surface area contributed by atoms with Gasteiger partial charge in [-0.3, -0.25) is 14.9 Å². The van der Waals surface area contributed by atoms with Gasteiger partial charge in [0, 0.05) is 18.0 Å². The van der Waals surface area contributed by atoms with E-state index < -0.39 is 34.9 Å². The van der Waals surface area contributed by atoms with Crippen LogP contribution in [-0.4, -0.2) is 23.4 Å². The highest BCUT2D eigenvalue weighted by molar-refractivity contribution is 6.02. The second kappa shape index (κ2) is 13.3. The fraction of sp³-hybridized carbons (Fsp3) is 0.400. The third-order valence-electron chi connectivity index (χ3n) is 7.87. The van der Waals surface area contributed by atoms with Crippen LogP contribution >= 0.6 is 0 Å². The number of esters is 1. The zero-order valence-corrected chi connectivity index (χ0v) is 24.8. The van der Waals surface area contributed by atoms with Crippen molar-refractivity contribution in [3.8, 4) is 0 Å². The highest BCUT2D eigenvalue weighted by atomic mass is 19.1. The first-order valence-corrected chi connectivity index (χ1v) is 14.6. The number of carbonyl (C=O) groups is 3. The van der Waals surface area contributed by atoms with E-state index >= 15 is 0 Å². The lowest BCUT2D eigenvalue weighted by Gasteiger charge is -2.44. The Morgan fingerprint density at radius 3 is 2.36 bits per heavy atom. The molecule has 1 heterocycles. The van der Waals surface area contributed by atoms with Crippen LogP contribution in [0, 0.1) is 17.2 Å². The molecule has 4 rings (SSSR count). The Hall–Kier alpha value is -4.00. The number of benzene rings is 3. The summed E-state index contributed by atoms with van der Waals surface area (Å²) >= 11 is 0. The van der Waals surface area contributed by atoms with Gasteiger partial charge in [-0.2, -0.15) is 0 Å². The first kappa shape index (κ1) is 30.9. The van der Waals surface area contributed by atoms with Crippen molar-refractivity contribution in [3.63, 3.8) is 0 Å². The minimum absolute atomic E-state index is 0.134. The summed E-state index contributed by atoms with van der Waals surface area (Å²) in [6.07, 6.45) is 1.93. The van der Waals surface area contributed by atoms with Gasteiger partial charge in [-0.25, -0.2) is 9.18 Å². The van der Waals surface area contributed by atoms with E-state index in [2.05, 4.69) is 5.32 Å². The van der Waals surface area contributed by atoms with Gasteiger partial charge in [0.2, 0.25) is 0 Å². The summed E-state index contributed by atoms with van der Waals surface area (Å²) in [6, 6.07) is 22.9. The summed E-state index contributed by atoms with van der Waals surface area (Å²) in [5, 5.41) is 2.76. The van der Waals surface area contributed by atoms with E-state index in [1.807, 2.05) is 64.1 Å². The zero-order chi connectivity index (χ0) is 30.3. The predicted octanol–water partition coefficient (Wildman–Crippen LogP) is 8.01. The van der Waals surface area contributed by atoms with Crippen molar-refractivity contribution in [2.45, 2.75) is 77.9 Å². The lowest BCUT2D eigenvalue weighted by Crippen LogP contribution is -2.51. The fourth-order valence-corrected chi connectivity index (χ4v) is 5.96. The molecule has 3 unspecified atom stereocenters. The normalized spacial score (nSPS) is 19.6. The third kappa shape index (κ3) is 7.84. The zero-order valence-electron chi connectivity index (χ0n) is 24.8. The molecular formula is C35H40FNO5. The Morgan fingerprint density at radius 1 is 1.00 bits per heavy atom. The molecule has 6 nitrogen and oxygen atoms in total. The Morgan fingerprint density at radius 2 is 1.71 bits per heavy atom. The summed E-state index contributed by atoms with van der Waals surface area (Å²) < 4.78 is 24.9. The summed E-state index contributed by atoms with van der Waals surface area (Å²) in [7, 11) is 0. The smallest absolute Gasteiger partial charge is 0.411 e. The average Bonchev–Trinajstić information content (AvgIpc) is 2.94. The van der Waals surface area contributed by atoms with Gasteiger partial charge in [-0.15, -0.1) is 0 Å². The first-order valence-electron chi connectivity index (χ1n) is 14.6. The van der Waals surface area contributed by atoms with E-state index in [0.717, 1.165) is 23.1 Å².